The number of fused-ring (bicyclic) bond motifs is 1. The Morgan fingerprint density at radius 2 is 2.30 bits per heavy atom. The highest BCUT2D eigenvalue weighted by Crippen LogP contribution is 2.49. The van der Waals surface area contributed by atoms with Crippen molar-refractivity contribution < 1.29 is 23.9 Å². The first-order chi connectivity index (χ1) is 9.61. The van der Waals surface area contributed by atoms with Crippen molar-refractivity contribution in [2.75, 3.05) is 19.8 Å². The molecule has 0 bridgehead atoms. The van der Waals surface area contributed by atoms with Crippen LogP contribution in [-0.2, 0) is 19.9 Å². The van der Waals surface area contributed by atoms with Crippen molar-refractivity contribution in [1.29, 1.82) is 0 Å². The minimum atomic E-state index is -0.995. The van der Waals surface area contributed by atoms with Gasteiger partial charge in [-0.05, 0) is 6.07 Å². The number of rotatable bonds is 2. The second-order valence-corrected chi connectivity index (χ2v) is 5.15. The number of halogens is 1. The Morgan fingerprint density at radius 1 is 1.55 bits per heavy atom. The molecule has 6 heteroatoms. The highest BCUT2D eigenvalue weighted by molar-refractivity contribution is 5.74. The van der Waals surface area contributed by atoms with E-state index >= 15 is 0 Å². The number of hydrogen-bond donors (Lipinski definition) is 1. The Hall–Kier alpha value is -1.50. The highest BCUT2D eigenvalue weighted by atomic mass is 19.1. The molecule has 108 valence electrons. The van der Waals surface area contributed by atoms with E-state index in [2.05, 4.69) is 0 Å². The van der Waals surface area contributed by atoms with Crippen LogP contribution in [0.5, 0.6) is 0 Å². The van der Waals surface area contributed by atoms with Gasteiger partial charge in [0.25, 0.3) is 0 Å². The van der Waals surface area contributed by atoms with Gasteiger partial charge in [-0.3, -0.25) is 9.63 Å². The number of aliphatic hydroxyl groups excluding tert-OH is 1. The van der Waals surface area contributed by atoms with E-state index in [4.69, 9.17) is 9.57 Å². The molecule has 0 unspecified atom stereocenters. The standard InChI is InChI=1S/C14H16FNO4/c1-9(18)16-14(10-4-2-3-5-12(10)15)8-19-13(6-17)11(14)7-20-16/h2-5,11,13,17H,6-8H2,1H3/t11-,13-,14-/m1/s1. The summed E-state index contributed by atoms with van der Waals surface area (Å²) < 4.78 is 19.8. The van der Waals surface area contributed by atoms with Crippen LogP contribution in [0.15, 0.2) is 24.3 Å². The molecule has 3 rings (SSSR count). The fourth-order valence-corrected chi connectivity index (χ4v) is 3.24. The molecular formula is C14H16FNO4. The maximum atomic E-state index is 14.2. The molecule has 3 atom stereocenters. The lowest BCUT2D eigenvalue weighted by Crippen LogP contribution is -2.48. The monoisotopic (exact) mass is 281 g/mol. The van der Waals surface area contributed by atoms with Gasteiger partial charge in [-0.2, -0.15) is 0 Å². The van der Waals surface area contributed by atoms with E-state index in [1.807, 2.05) is 0 Å². The molecule has 2 saturated heterocycles. The lowest BCUT2D eigenvalue weighted by Gasteiger charge is -2.34. The van der Waals surface area contributed by atoms with Gasteiger partial charge in [0, 0.05) is 18.4 Å². The molecule has 2 aliphatic rings. The Labute approximate surface area is 115 Å². The fourth-order valence-electron chi connectivity index (χ4n) is 3.24. The van der Waals surface area contributed by atoms with Crippen LogP contribution in [0.3, 0.4) is 0 Å². The Morgan fingerprint density at radius 3 is 2.95 bits per heavy atom. The molecule has 5 nitrogen and oxygen atoms in total. The molecule has 0 radical (unpaired) electrons. The summed E-state index contributed by atoms with van der Waals surface area (Å²) in [6.07, 6.45) is -0.459. The van der Waals surface area contributed by atoms with Crippen molar-refractivity contribution in [2.24, 2.45) is 5.92 Å². The first kappa shape index (κ1) is 13.5. The molecule has 1 aromatic carbocycles. The predicted molar refractivity (Wildman–Crippen MR) is 66.9 cm³/mol. The van der Waals surface area contributed by atoms with Crippen molar-refractivity contribution in [3.05, 3.63) is 35.6 Å². The predicted octanol–water partition coefficient (Wildman–Crippen LogP) is 0.822. The minimum absolute atomic E-state index is 0.114. The van der Waals surface area contributed by atoms with Gasteiger partial charge in [0.05, 0.1) is 25.9 Å². The topological polar surface area (TPSA) is 59.0 Å². The van der Waals surface area contributed by atoms with Crippen molar-refractivity contribution >= 4 is 5.91 Å². The molecule has 20 heavy (non-hydrogen) atoms. The molecule has 2 aliphatic heterocycles. The normalized spacial score (nSPS) is 32.5. The van der Waals surface area contributed by atoms with Crippen LogP contribution in [0.1, 0.15) is 12.5 Å². The van der Waals surface area contributed by atoms with Gasteiger partial charge in [-0.1, -0.05) is 18.2 Å². The van der Waals surface area contributed by atoms with Crippen LogP contribution in [-0.4, -0.2) is 42.0 Å². The number of benzene rings is 1. The summed E-state index contributed by atoms with van der Waals surface area (Å²) in [6.45, 7) is 1.52. The zero-order chi connectivity index (χ0) is 14.3. The maximum Gasteiger partial charge on any atom is 0.243 e. The van der Waals surface area contributed by atoms with Crippen molar-refractivity contribution in [1.82, 2.24) is 5.06 Å². The van der Waals surface area contributed by atoms with E-state index in [-0.39, 0.29) is 31.6 Å². The zero-order valence-corrected chi connectivity index (χ0v) is 11.1. The van der Waals surface area contributed by atoms with Crippen molar-refractivity contribution in [2.45, 2.75) is 18.6 Å². The third-order valence-corrected chi connectivity index (χ3v) is 4.13. The Balaban J connectivity index is 2.13. The molecule has 1 N–H and O–H groups in total. The second kappa shape index (κ2) is 4.80. The minimum Gasteiger partial charge on any atom is -0.394 e. The molecule has 1 aromatic rings. The summed E-state index contributed by atoms with van der Waals surface area (Å²) in [5.74, 6) is -0.998. The second-order valence-electron chi connectivity index (χ2n) is 5.15. The zero-order valence-electron chi connectivity index (χ0n) is 11.1. The van der Waals surface area contributed by atoms with Gasteiger partial charge in [-0.25, -0.2) is 9.45 Å². The lowest BCUT2D eigenvalue weighted by atomic mass is 9.78. The maximum absolute atomic E-state index is 14.2. The number of nitrogens with zero attached hydrogens (tertiary/aromatic N) is 1. The molecular weight excluding hydrogens is 265 g/mol. The molecule has 1 amide bonds. The highest BCUT2D eigenvalue weighted by Gasteiger charge is 2.61. The summed E-state index contributed by atoms with van der Waals surface area (Å²) in [5, 5.41) is 10.6. The number of amides is 1. The van der Waals surface area contributed by atoms with Gasteiger partial charge in [-0.15, -0.1) is 0 Å². The van der Waals surface area contributed by atoms with Crippen LogP contribution < -0.4 is 0 Å². The Kier molecular flexibility index (Phi) is 3.24. The SMILES string of the molecule is CC(=O)N1OC[C@@H]2[C@@H](CO)OC[C@@]21c1ccccc1F. The van der Waals surface area contributed by atoms with Gasteiger partial charge >= 0.3 is 0 Å². The number of ether oxygens (including phenoxy) is 1. The molecule has 2 heterocycles. The molecule has 0 saturated carbocycles. The smallest absolute Gasteiger partial charge is 0.243 e. The number of carbonyl (C=O) groups is 1. The number of carbonyl (C=O) groups excluding carboxylic acids is 1. The molecule has 2 fully saturated rings. The van der Waals surface area contributed by atoms with E-state index in [0.717, 1.165) is 0 Å². The van der Waals surface area contributed by atoms with Gasteiger partial charge < -0.3 is 9.84 Å². The summed E-state index contributed by atoms with van der Waals surface area (Å²) in [7, 11) is 0. The quantitative estimate of drug-likeness (QED) is 0.872. The van der Waals surface area contributed by atoms with Crippen LogP contribution >= 0.6 is 0 Å². The lowest BCUT2D eigenvalue weighted by molar-refractivity contribution is -0.194. The Bertz CT molecular complexity index is 538. The third-order valence-electron chi connectivity index (χ3n) is 4.13. The number of aliphatic hydroxyl groups is 1. The fraction of sp³-hybridized carbons (Fsp3) is 0.500. The van der Waals surface area contributed by atoms with E-state index in [1.165, 1.54) is 18.1 Å². The van der Waals surface area contributed by atoms with Crippen LogP contribution in [0.25, 0.3) is 0 Å². The first-order valence-corrected chi connectivity index (χ1v) is 6.52. The van der Waals surface area contributed by atoms with E-state index < -0.39 is 17.5 Å². The van der Waals surface area contributed by atoms with Crippen molar-refractivity contribution in [3.8, 4) is 0 Å². The van der Waals surface area contributed by atoms with Crippen LogP contribution in [0.2, 0.25) is 0 Å². The largest absolute Gasteiger partial charge is 0.394 e. The number of hydroxylamine groups is 2. The van der Waals surface area contributed by atoms with Gasteiger partial charge in [0.15, 0.2) is 0 Å². The first-order valence-electron chi connectivity index (χ1n) is 6.52. The van der Waals surface area contributed by atoms with Gasteiger partial charge in [0.2, 0.25) is 5.91 Å². The summed E-state index contributed by atoms with van der Waals surface area (Å²) >= 11 is 0. The van der Waals surface area contributed by atoms with Crippen molar-refractivity contribution in [3.63, 3.8) is 0 Å². The van der Waals surface area contributed by atoms with E-state index in [0.29, 0.717) is 5.56 Å². The summed E-state index contributed by atoms with van der Waals surface area (Å²) in [6, 6.07) is 6.30. The molecule has 0 aliphatic carbocycles. The van der Waals surface area contributed by atoms with E-state index in [1.54, 1.807) is 18.2 Å². The number of hydrogen-bond acceptors (Lipinski definition) is 4. The summed E-state index contributed by atoms with van der Waals surface area (Å²) in [5.41, 5.74) is -0.626. The average Bonchev–Trinajstić information content (AvgIpc) is 2.95. The molecule has 0 aromatic heterocycles. The van der Waals surface area contributed by atoms with Crippen LogP contribution in [0, 0.1) is 11.7 Å². The van der Waals surface area contributed by atoms with Crippen LogP contribution in [0.4, 0.5) is 4.39 Å². The molecule has 0 spiro atoms. The summed E-state index contributed by atoms with van der Waals surface area (Å²) in [4.78, 5) is 17.3. The van der Waals surface area contributed by atoms with E-state index in [9.17, 15) is 14.3 Å². The van der Waals surface area contributed by atoms with Gasteiger partial charge in [0.1, 0.15) is 11.4 Å². The average molecular weight is 281 g/mol. The third kappa shape index (κ3) is 1.69.